The largest absolute Gasteiger partial charge is 0.352 e. The van der Waals surface area contributed by atoms with Crippen molar-refractivity contribution in [3.8, 4) is 0 Å². The molecular weight excluding hydrogens is 642 g/mol. The summed E-state index contributed by atoms with van der Waals surface area (Å²) in [6.45, 7) is 5.18. The van der Waals surface area contributed by atoms with Crippen LogP contribution in [0.5, 0.6) is 0 Å². The Bertz CT molecular complexity index is 1820. The first-order valence-electron chi connectivity index (χ1n) is 16.6. The van der Waals surface area contributed by atoms with Gasteiger partial charge in [-0.25, -0.2) is 8.42 Å². The Labute approximate surface area is 290 Å². The quantitative estimate of drug-likeness (QED) is 0.167. The highest BCUT2D eigenvalue weighted by Crippen LogP contribution is 2.29. The Hall–Kier alpha value is -4.14. The van der Waals surface area contributed by atoms with Crippen molar-refractivity contribution in [2.75, 3.05) is 10.8 Å². The SMILES string of the molecule is Cc1ccc(S(=O)(=O)N(CC(=O)N(Cc2ccccc2Cl)[C@@H](Cc2ccccc2)C(=O)NC2CCCCC2)c2ccc(C)cc2C)cc1. The number of sulfonamides is 1. The lowest BCUT2D eigenvalue weighted by Gasteiger charge is -2.35. The van der Waals surface area contributed by atoms with Crippen molar-refractivity contribution in [3.63, 3.8) is 0 Å². The van der Waals surface area contributed by atoms with E-state index in [0.717, 1.165) is 48.8 Å². The van der Waals surface area contributed by atoms with Gasteiger partial charge < -0.3 is 10.2 Å². The Kier molecular flexibility index (Phi) is 11.6. The molecule has 0 heterocycles. The van der Waals surface area contributed by atoms with Crippen molar-refractivity contribution in [2.45, 2.75) is 82.8 Å². The molecule has 5 rings (SSSR count). The molecule has 1 atom stereocenters. The number of amides is 2. The van der Waals surface area contributed by atoms with Crippen LogP contribution in [-0.4, -0.2) is 43.8 Å². The zero-order chi connectivity index (χ0) is 34.3. The normalized spacial score (nSPS) is 14.2. The van der Waals surface area contributed by atoms with Crippen LogP contribution < -0.4 is 9.62 Å². The van der Waals surface area contributed by atoms with Crippen molar-refractivity contribution in [3.05, 3.63) is 130 Å². The summed E-state index contributed by atoms with van der Waals surface area (Å²) < 4.78 is 29.9. The van der Waals surface area contributed by atoms with Crippen LogP contribution in [0.15, 0.2) is 102 Å². The Balaban J connectivity index is 1.59. The molecule has 0 spiro atoms. The summed E-state index contributed by atoms with van der Waals surface area (Å²) in [4.78, 5) is 30.6. The average Bonchev–Trinajstić information content (AvgIpc) is 3.07. The van der Waals surface area contributed by atoms with Gasteiger partial charge in [-0.15, -0.1) is 0 Å². The van der Waals surface area contributed by atoms with Gasteiger partial charge in [0.25, 0.3) is 10.0 Å². The summed E-state index contributed by atoms with van der Waals surface area (Å²) in [7, 11) is -4.18. The summed E-state index contributed by atoms with van der Waals surface area (Å²) in [5, 5.41) is 3.70. The Morgan fingerprint density at radius 2 is 1.48 bits per heavy atom. The molecule has 7 nitrogen and oxygen atoms in total. The Morgan fingerprint density at radius 3 is 2.15 bits per heavy atom. The van der Waals surface area contributed by atoms with Crippen molar-refractivity contribution in [2.24, 2.45) is 0 Å². The van der Waals surface area contributed by atoms with Crippen molar-refractivity contribution in [1.29, 1.82) is 0 Å². The lowest BCUT2D eigenvalue weighted by Crippen LogP contribution is -2.55. The monoisotopic (exact) mass is 685 g/mol. The molecule has 1 fully saturated rings. The lowest BCUT2D eigenvalue weighted by molar-refractivity contribution is -0.140. The van der Waals surface area contributed by atoms with E-state index in [1.54, 1.807) is 36.4 Å². The molecule has 1 aliphatic carbocycles. The minimum Gasteiger partial charge on any atom is -0.352 e. The highest BCUT2D eigenvalue weighted by molar-refractivity contribution is 7.92. The number of hydrogen-bond acceptors (Lipinski definition) is 4. The van der Waals surface area contributed by atoms with Gasteiger partial charge in [-0.3, -0.25) is 13.9 Å². The lowest BCUT2D eigenvalue weighted by atomic mass is 9.94. The van der Waals surface area contributed by atoms with Crippen molar-refractivity contribution in [1.82, 2.24) is 10.2 Å². The summed E-state index contributed by atoms with van der Waals surface area (Å²) in [5.41, 5.74) is 4.55. The van der Waals surface area contributed by atoms with E-state index in [1.165, 1.54) is 9.21 Å². The van der Waals surface area contributed by atoms with Gasteiger partial charge in [-0.1, -0.05) is 115 Å². The van der Waals surface area contributed by atoms with Gasteiger partial charge in [-0.2, -0.15) is 0 Å². The second kappa shape index (κ2) is 15.8. The predicted molar refractivity (Wildman–Crippen MR) is 193 cm³/mol. The van der Waals surface area contributed by atoms with Crippen molar-refractivity contribution >= 4 is 39.1 Å². The van der Waals surface area contributed by atoms with E-state index in [0.29, 0.717) is 21.8 Å². The number of hydrogen-bond donors (Lipinski definition) is 1. The number of carbonyl (C=O) groups excluding carboxylic acids is 2. The van der Waals surface area contributed by atoms with E-state index in [9.17, 15) is 18.0 Å². The van der Waals surface area contributed by atoms with Gasteiger partial charge in [0, 0.05) is 24.0 Å². The number of halogens is 1. The third kappa shape index (κ3) is 8.65. The standard InChI is InChI=1S/C39H44ClN3O4S/c1-28-18-21-34(22-19-28)48(46,47)43(36-23-20-29(2)24-30(36)3)27-38(44)42(26-32-14-10-11-17-35(32)40)37(25-31-12-6-4-7-13-31)39(45)41-33-15-8-5-9-16-33/h4,6-7,10-14,17-24,33,37H,5,8-9,15-16,25-27H2,1-3H3,(H,41,45)/t37-/m0/s1. The molecule has 1 saturated carbocycles. The van der Waals surface area contributed by atoms with Gasteiger partial charge in [0.1, 0.15) is 12.6 Å². The first-order valence-corrected chi connectivity index (χ1v) is 18.4. The molecule has 48 heavy (non-hydrogen) atoms. The maximum absolute atomic E-state index is 14.8. The number of carbonyl (C=O) groups is 2. The van der Waals surface area contributed by atoms with Gasteiger partial charge >= 0.3 is 0 Å². The van der Waals surface area contributed by atoms with Gasteiger partial charge in [-0.05, 0) is 74.6 Å². The molecule has 9 heteroatoms. The minimum atomic E-state index is -4.18. The molecule has 0 radical (unpaired) electrons. The number of benzene rings is 4. The highest BCUT2D eigenvalue weighted by Gasteiger charge is 2.36. The second-order valence-electron chi connectivity index (χ2n) is 12.8. The molecule has 2 amide bonds. The number of rotatable bonds is 12. The summed E-state index contributed by atoms with van der Waals surface area (Å²) >= 11 is 6.63. The highest BCUT2D eigenvalue weighted by atomic mass is 35.5. The maximum Gasteiger partial charge on any atom is 0.264 e. The van der Waals surface area contributed by atoms with Gasteiger partial charge in [0.05, 0.1) is 10.6 Å². The smallest absolute Gasteiger partial charge is 0.264 e. The molecule has 0 bridgehead atoms. The molecular formula is C39H44ClN3O4S. The Morgan fingerprint density at radius 1 is 0.833 bits per heavy atom. The van der Waals surface area contributed by atoms with Gasteiger partial charge in [0.2, 0.25) is 11.8 Å². The third-order valence-corrected chi connectivity index (χ3v) is 11.2. The zero-order valence-corrected chi connectivity index (χ0v) is 29.4. The van der Waals surface area contributed by atoms with Crippen LogP contribution in [0.2, 0.25) is 5.02 Å². The summed E-state index contributed by atoms with van der Waals surface area (Å²) in [6.07, 6.45) is 5.25. The van der Waals surface area contributed by atoms with E-state index in [2.05, 4.69) is 5.32 Å². The van der Waals surface area contributed by atoms with Gasteiger partial charge in [0.15, 0.2) is 0 Å². The van der Waals surface area contributed by atoms with E-state index in [4.69, 9.17) is 11.6 Å². The topological polar surface area (TPSA) is 86.8 Å². The number of nitrogens with one attached hydrogen (secondary N) is 1. The molecule has 1 N–H and O–H groups in total. The fourth-order valence-corrected chi connectivity index (χ4v) is 8.02. The summed E-state index contributed by atoms with van der Waals surface area (Å²) in [6, 6.07) is 28.0. The maximum atomic E-state index is 14.8. The van der Waals surface area contributed by atoms with E-state index < -0.39 is 28.5 Å². The molecule has 0 aliphatic heterocycles. The first kappa shape index (κ1) is 35.2. The number of anilines is 1. The minimum absolute atomic E-state index is 0.0235. The van der Waals surface area contributed by atoms with Crippen molar-refractivity contribution < 1.29 is 18.0 Å². The zero-order valence-electron chi connectivity index (χ0n) is 27.9. The fourth-order valence-electron chi connectivity index (χ4n) is 6.34. The number of aryl methyl sites for hydroxylation is 3. The molecule has 252 valence electrons. The first-order chi connectivity index (χ1) is 23.0. The van der Waals surface area contributed by atoms with Crippen LogP contribution in [0, 0.1) is 20.8 Å². The molecule has 4 aromatic carbocycles. The second-order valence-corrected chi connectivity index (χ2v) is 15.0. The van der Waals surface area contributed by atoms with Crippen LogP contribution in [0.1, 0.15) is 59.9 Å². The van der Waals surface area contributed by atoms with E-state index >= 15 is 0 Å². The van der Waals surface area contributed by atoms with Crippen LogP contribution in [0.25, 0.3) is 0 Å². The molecule has 0 unspecified atom stereocenters. The number of nitrogens with zero attached hydrogens (tertiary/aromatic N) is 2. The molecule has 0 aromatic heterocycles. The molecule has 1 aliphatic rings. The molecule has 0 saturated heterocycles. The summed E-state index contributed by atoms with van der Waals surface area (Å²) in [5.74, 6) is -0.768. The van der Waals surface area contributed by atoms with Crippen LogP contribution in [0.3, 0.4) is 0 Å². The van der Waals surface area contributed by atoms with Crippen LogP contribution >= 0.6 is 11.6 Å². The van der Waals surface area contributed by atoms with Crippen LogP contribution in [0.4, 0.5) is 5.69 Å². The fraction of sp³-hybridized carbons (Fsp3) is 0.333. The van der Waals surface area contributed by atoms with Crippen LogP contribution in [-0.2, 0) is 32.6 Å². The average molecular weight is 686 g/mol. The third-order valence-electron chi connectivity index (χ3n) is 9.03. The van der Waals surface area contributed by atoms with E-state index in [-0.39, 0.29) is 29.8 Å². The predicted octanol–water partition coefficient (Wildman–Crippen LogP) is 7.55. The van der Waals surface area contributed by atoms with E-state index in [1.807, 2.05) is 81.4 Å². The molecule has 4 aromatic rings.